The van der Waals surface area contributed by atoms with Crippen molar-refractivity contribution in [2.24, 2.45) is 0 Å². The Morgan fingerprint density at radius 2 is 1.93 bits per heavy atom. The molecular weight excluding hydrogens is 375 g/mol. The Hall–Kier alpha value is -2.65. The SMILES string of the molecule is CCc1cc2c(OCCOOC)ncnc2n1Cc1cccc(C(F)(F)F)c1. The maximum Gasteiger partial charge on any atom is 0.416 e. The van der Waals surface area contributed by atoms with Gasteiger partial charge in [0.2, 0.25) is 5.88 Å². The summed E-state index contributed by atoms with van der Waals surface area (Å²) in [5, 5.41) is 0.698. The van der Waals surface area contributed by atoms with Crippen LogP contribution < -0.4 is 4.74 Å². The highest BCUT2D eigenvalue weighted by atomic mass is 19.4. The van der Waals surface area contributed by atoms with Crippen molar-refractivity contribution in [1.29, 1.82) is 0 Å². The van der Waals surface area contributed by atoms with E-state index in [0.29, 0.717) is 28.9 Å². The van der Waals surface area contributed by atoms with Crippen LogP contribution in [0.5, 0.6) is 5.88 Å². The van der Waals surface area contributed by atoms with Gasteiger partial charge in [-0.05, 0) is 30.2 Å². The van der Waals surface area contributed by atoms with Crippen LogP contribution in [0.4, 0.5) is 13.2 Å². The molecule has 2 aromatic heterocycles. The molecule has 1 aromatic carbocycles. The fourth-order valence-electron chi connectivity index (χ4n) is 2.96. The van der Waals surface area contributed by atoms with Crippen molar-refractivity contribution in [3.8, 4) is 5.88 Å². The molecule has 3 rings (SSSR count). The van der Waals surface area contributed by atoms with Crippen molar-refractivity contribution in [2.45, 2.75) is 26.1 Å². The number of benzene rings is 1. The van der Waals surface area contributed by atoms with E-state index < -0.39 is 11.7 Å². The monoisotopic (exact) mass is 395 g/mol. The number of hydrogen-bond acceptors (Lipinski definition) is 5. The number of aryl methyl sites for hydroxylation is 1. The molecule has 0 aliphatic carbocycles. The molecule has 0 atom stereocenters. The largest absolute Gasteiger partial charge is 0.475 e. The zero-order valence-electron chi connectivity index (χ0n) is 15.5. The van der Waals surface area contributed by atoms with E-state index in [-0.39, 0.29) is 19.8 Å². The molecule has 3 aromatic rings. The summed E-state index contributed by atoms with van der Waals surface area (Å²) in [6.07, 6.45) is -2.33. The van der Waals surface area contributed by atoms with E-state index in [9.17, 15) is 13.2 Å². The average molecular weight is 395 g/mol. The van der Waals surface area contributed by atoms with Gasteiger partial charge in [-0.1, -0.05) is 19.1 Å². The van der Waals surface area contributed by atoms with Gasteiger partial charge in [-0.2, -0.15) is 13.2 Å². The number of fused-ring (bicyclic) bond motifs is 1. The van der Waals surface area contributed by atoms with Crippen molar-refractivity contribution in [2.75, 3.05) is 20.3 Å². The van der Waals surface area contributed by atoms with Crippen molar-refractivity contribution in [1.82, 2.24) is 14.5 Å². The van der Waals surface area contributed by atoms with Gasteiger partial charge in [0.1, 0.15) is 25.2 Å². The Morgan fingerprint density at radius 3 is 2.64 bits per heavy atom. The number of hydrogen-bond donors (Lipinski definition) is 0. The van der Waals surface area contributed by atoms with Gasteiger partial charge in [0.05, 0.1) is 18.1 Å². The van der Waals surface area contributed by atoms with Gasteiger partial charge < -0.3 is 9.30 Å². The Kier molecular flexibility index (Phi) is 6.15. The summed E-state index contributed by atoms with van der Waals surface area (Å²) in [7, 11) is 1.41. The second-order valence-corrected chi connectivity index (χ2v) is 6.03. The van der Waals surface area contributed by atoms with Crippen molar-refractivity contribution in [3.05, 3.63) is 53.5 Å². The van der Waals surface area contributed by atoms with Gasteiger partial charge in [-0.25, -0.2) is 19.7 Å². The van der Waals surface area contributed by atoms with Crippen LogP contribution in [-0.4, -0.2) is 34.9 Å². The summed E-state index contributed by atoms with van der Waals surface area (Å²) in [5.41, 5.74) is 1.39. The third kappa shape index (κ3) is 4.42. The van der Waals surface area contributed by atoms with Gasteiger partial charge in [-0.15, -0.1) is 0 Å². The zero-order chi connectivity index (χ0) is 20.1. The Bertz CT molecular complexity index is 941. The van der Waals surface area contributed by atoms with E-state index in [0.717, 1.165) is 17.8 Å². The first kappa shape index (κ1) is 20.1. The van der Waals surface area contributed by atoms with Crippen molar-refractivity contribution in [3.63, 3.8) is 0 Å². The van der Waals surface area contributed by atoms with E-state index in [2.05, 4.69) is 14.9 Å². The van der Waals surface area contributed by atoms with Crippen LogP contribution in [0.1, 0.15) is 23.7 Å². The van der Waals surface area contributed by atoms with Gasteiger partial charge >= 0.3 is 6.18 Å². The van der Waals surface area contributed by atoms with Crippen LogP contribution in [-0.2, 0) is 28.9 Å². The standard InChI is InChI=1S/C19H20F3N3O3/c1-3-15-10-16-17(23-12-24-18(16)27-7-8-28-26-2)25(15)11-13-5-4-6-14(9-13)19(20,21)22/h4-6,9-10,12H,3,7-8,11H2,1-2H3. The first-order valence-electron chi connectivity index (χ1n) is 8.71. The lowest BCUT2D eigenvalue weighted by Gasteiger charge is -2.12. The van der Waals surface area contributed by atoms with E-state index in [1.54, 1.807) is 6.07 Å². The molecule has 0 saturated heterocycles. The number of rotatable bonds is 8. The molecule has 0 aliphatic rings. The van der Waals surface area contributed by atoms with Gasteiger partial charge in [0.15, 0.2) is 0 Å². The van der Waals surface area contributed by atoms with Crippen molar-refractivity contribution >= 4 is 11.0 Å². The predicted molar refractivity (Wildman–Crippen MR) is 95.9 cm³/mol. The molecular formula is C19H20F3N3O3. The maximum absolute atomic E-state index is 13.0. The van der Waals surface area contributed by atoms with Gasteiger partial charge in [-0.3, -0.25) is 0 Å². The minimum atomic E-state index is -4.38. The van der Waals surface area contributed by atoms with E-state index in [1.165, 1.54) is 19.5 Å². The number of ether oxygens (including phenoxy) is 1. The Morgan fingerprint density at radius 1 is 1.11 bits per heavy atom. The Labute approximate surface area is 159 Å². The van der Waals surface area contributed by atoms with Gasteiger partial charge in [0, 0.05) is 12.2 Å². The van der Waals surface area contributed by atoms with Crippen LogP contribution >= 0.6 is 0 Å². The topological polar surface area (TPSA) is 58.4 Å². The molecule has 0 amide bonds. The summed E-state index contributed by atoms with van der Waals surface area (Å²) >= 11 is 0. The first-order chi connectivity index (χ1) is 13.4. The molecule has 0 fully saturated rings. The molecule has 6 nitrogen and oxygen atoms in total. The quantitative estimate of drug-likeness (QED) is 0.328. The summed E-state index contributed by atoms with van der Waals surface area (Å²) in [6, 6.07) is 7.20. The number of aromatic nitrogens is 3. The molecule has 0 radical (unpaired) electrons. The summed E-state index contributed by atoms with van der Waals surface area (Å²) < 4.78 is 46.5. The van der Waals surface area contributed by atoms with E-state index >= 15 is 0 Å². The molecule has 0 aliphatic heterocycles. The number of alkyl halides is 3. The molecule has 0 bridgehead atoms. The minimum Gasteiger partial charge on any atom is -0.475 e. The fraction of sp³-hybridized carbons (Fsp3) is 0.368. The fourth-order valence-corrected chi connectivity index (χ4v) is 2.96. The van der Waals surface area contributed by atoms with E-state index in [4.69, 9.17) is 9.62 Å². The molecule has 0 unspecified atom stereocenters. The van der Waals surface area contributed by atoms with Crippen LogP contribution in [0, 0.1) is 0 Å². The highest BCUT2D eigenvalue weighted by Gasteiger charge is 2.30. The summed E-state index contributed by atoms with van der Waals surface area (Å²) in [6.45, 7) is 2.70. The predicted octanol–water partition coefficient (Wildman–Crippen LogP) is 4.02. The van der Waals surface area contributed by atoms with Crippen LogP contribution in [0.15, 0.2) is 36.7 Å². The van der Waals surface area contributed by atoms with Crippen LogP contribution in [0.2, 0.25) is 0 Å². The highest BCUT2D eigenvalue weighted by Crippen LogP contribution is 2.31. The molecule has 0 saturated carbocycles. The van der Waals surface area contributed by atoms with Crippen LogP contribution in [0.25, 0.3) is 11.0 Å². The second-order valence-electron chi connectivity index (χ2n) is 6.03. The molecule has 28 heavy (non-hydrogen) atoms. The second kappa shape index (κ2) is 8.57. The smallest absolute Gasteiger partial charge is 0.416 e. The third-order valence-corrected chi connectivity index (χ3v) is 4.22. The third-order valence-electron chi connectivity index (χ3n) is 4.22. The first-order valence-corrected chi connectivity index (χ1v) is 8.71. The number of halogens is 3. The number of nitrogens with zero attached hydrogens (tertiary/aromatic N) is 3. The zero-order valence-corrected chi connectivity index (χ0v) is 15.5. The lowest BCUT2D eigenvalue weighted by molar-refractivity contribution is -0.275. The highest BCUT2D eigenvalue weighted by molar-refractivity contribution is 5.82. The summed E-state index contributed by atoms with van der Waals surface area (Å²) in [4.78, 5) is 17.8. The maximum atomic E-state index is 13.0. The summed E-state index contributed by atoms with van der Waals surface area (Å²) in [5.74, 6) is 0.391. The molecule has 2 heterocycles. The van der Waals surface area contributed by atoms with E-state index in [1.807, 2.05) is 17.6 Å². The lowest BCUT2D eigenvalue weighted by Crippen LogP contribution is -2.09. The average Bonchev–Trinajstić information content (AvgIpc) is 3.03. The lowest BCUT2D eigenvalue weighted by atomic mass is 10.1. The minimum absolute atomic E-state index is 0.230. The molecule has 9 heteroatoms. The normalized spacial score (nSPS) is 11.9. The Balaban J connectivity index is 1.93. The molecule has 150 valence electrons. The van der Waals surface area contributed by atoms with Crippen molar-refractivity contribution < 1.29 is 27.7 Å². The molecule has 0 N–H and O–H groups in total. The van der Waals surface area contributed by atoms with Crippen LogP contribution in [0.3, 0.4) is 0 Å². The van der Waals surface area contributed by atoms with Gasteiger partial charge in [0.25, 0.3) is 0 Å². The molecule has 0 spiro atoms.